The zero-order valence-corrected chi connectivity index (χ0v) is 14.4. The predicted octanol–water partition coefficient (Wildman–Crippen LogP) is 2.35. The van der Waals surface area contributed by atoms with Crippen molar-refractivity contribution in [3.05, 3.63) is 41.3 Å². The molecule has 2 aliphatic rings. The third-order valence-corrected chi connectivity index (χ3v) is 5.05. The summed E-state index contributed by atoms with van der Waals surface area (Å²) >= 11 is 0. The van der Waals surface area contributed by atoms with E-state index in [-0.39, 0.29) is 24.2 Å². The fourth-order valence-corrected chi connectivity index (χ4v) is 3.70. The molecule has 1 N–H and O–H groups in total. The Morgan fingerprint density at radius 1 is 1.35 bits per heavy atom. The van der Waals surface area contributed by atoms with Gasteiger partial charge in [-0.15, -0.1) is 0 Å². The zero-order chi connectivity index (χ0) is 18.3. The standard InChI is InChI=1S/C18H19FN4O3/c1-10-20-17(26-22-10)11-4-6-23(7-5-11)18(25)14-9-16(24)21-15-8-12(19)2-3-13(14)15/h2-3,8,11,14H,4-7,9H2,1H3,(H,21,24). The van der Waals surface area contributed by atoms with E-state index in [2.05, 4.69) is 15.5 Å². The maximum atomic E-state index is 13.4. The van der Waals surface area contributed by atoms with Gasteiger partial charge in [0.15, 0.2) is 5.82 Å². The number of anilines is 1. The van der Waals surface area contributed by atoms with Crippen LogP contribution in [0.15, 0.2) is 22.7 Å². The Balaban J connectivity index is 1.48. The van der Waals surface area contributed by atoms with E-state index in [1.165, 1.54) is 12.1 Å². The predicted molar refractivity (Wildman–Crippen MR) is 90.0 cm³/mol. The van der Waals surface area contributed by atoms with E-state index in [0.29, 0.717) is 36.1 Å². The van der Waals surface area contributed by atoms with Crippen molar-refractivity contribution < 1.29 is 18.5 Å². The minimum absolute atomic E-state index is 0.0836. The monoisotopic (exact) mass is 358 g/mol. The van der Waals surface area contributed by atoms with E-state index < -0.39 is 11.7 Å². The van der Waals surface area contributed by atoms with Gasteiger partial charge in [0.2, 0.25) is 17.7 Å². The number of aromatic nitrogens is 2. The average molecular weight is 358 g/mol. The topological polar surface area (TPSA) is 88.3 Å². The lowest BCUT2D eigenvalue weighted by Gasteiger charge is -2.34. The van der Waals surface area contributed by atoms with Crippen molar-refractivity contribution in [3.63, 3.8) is 0 Å². The number of hydrogen-bond acceptors (Lipinski definition) is 5. The van der Waals surface area contributed by atoms with E-state index in [9.17, 15) is 14.0 Å². The molecule has 2 amide bonds. The zero-order valence-electron chi connectivity index (χ0n) is 14.4. The van der Waals surface area contributed by atoms with Crippen LogP contribution in [0.2, 0.25) is 0 Å². The van der Waals surface area contributed by atoms with Gasteiger partial charge in [-0.25, -0.2) is 4.39 Å². The molecule has 1 aromatic carbocycles. The molecule has 0 aliphatic carbocycles. The number of fused-ring (bicyclic) bond motifs is 1. The summed E-state index contributed by atoms with van der Waals surface area (Å²) in [4.78, 5) is 31.0. The summed E-state index contributed by atoms with van der Waals surface area (Å²) in [5, 5.41) is 6.46. The molecule has 2 aliphatic heterocycles. The molecule has 1 atom stereocenters. The third kappa shape index (κ3) is 3.07. The molecule has 136 valence electrons. The summed E-state index contributed by atoms with van der Waals surface area (Å²) in [5.74, 6) is 0.0132. The maximum Gasteiger partial charge on any atom is 0.230 e. The molecular weight excluding hydrogens is 339 g/mol. The molecule has 1 fully saturated rings. The first-order chi connectivity index (χ1) is 12.5. The lowest BCUT2D eigenvalue weighted by molar-refractivity contribution is -0.136. The summed E-state index contributed by atoms with van der Waals surface area (Å²) in [5.41, 5.74) is 1.06. The molecule has 0 spiro atoms. The number of hydrogen-bond donors (Lipinski definition) is 1. The molecule has 26 heavy (non-hydrogen) atoms. The highest BCUT2D eigenvalue weighted by atomic mass is 19.1. The molecule has 8 heteroatoms. The van der Waals surface area contributed by atoms with Crippen molar-refractivity contribution in [2.45, 2.75) is 38.0 Å². The van der Waals surface area contributed by atoms with Gasteiger partial charge in [0.05, 0.1) is 5.92 Å². The summed E-state index contributed by atoms with van der Waals surface area (Å²) in [7, 11) is 0. The van der Waals surface area contributed by atoms with Crippen LogP contribution in [0.4, 0.5) is 10.1 Å². The molecule has 4 rings (SSSR count). The SMILES string of the molecule is Cc1noc(C2CCN(C(=O)C3CC(=O)Nc4cc(F)ccc43)CC2)n1. The Morgan fingerprint density at radius 2 is 2.12 bits per heavy atom. The van der Waals surface area contributed by atoms with Crippen molar-refractivity contribution in [1.29, 1.82) is 0 Å². The number of piperidine rings is 1. The Labute approximate surface area is 149 Å². The number of likely N-dealkylation sites (tertiary alicyclic amines) is 1. The maximum absolute atomic E-state index is 13.4. The van der Waals surface area contributed by atoms with Crippen LogP contribution in [-0.2, 0) is 9.59 Å². The highest BCUT2D eigenvalue weighted by Gasteiger charge is 2.36. The van der Waals surface area contributed by atoms with Crippen LogP contribution in [0, 0.1) is 12.7 Å². The third-order valence-electron chi connectivity index (χ3n) is 5.05. The van der Waals surface area contributed by atoms with Crippen LogP contribution in [0.5, 0.6) is 0 Å². The Hall–Kier alpha value is -2.77. The Bertz CT molecular complexity index is 858. The molecule has 0 bridgehead atoms. The molecule has 0 radical (unpaired) electrons. The summed E-state index contributed by atoms with van der Waals surface area (Å²) in [6.45, 7) is 2.92. The fraction of sp³-hybridized carbons (Fsp3) is 0.444. The van der Waals surface area contributed by atoms with E-state index in [1.807, 2.05) is 0 Å². The van der Waals surface area contributed by atoms with Gasteiger partial charge in [-0.2, -0.15) is 4.98 Å². The van der Waals surface area contributed by atoms with Crippen molar-refractivity contribution >= 4 is 17.5 Å². The number of halogens is 1. The normalized spacial score (nSPS) is 20.6. The van der Waals surface area contributed by atoms with Gasteiger partial charge in [0.25, 0.3) is 0 Å². The van der Waals surface area contributed by atoms with Crippen molar-refractivity contribution in [1.82, 2.24) is 15.0 Å². The second kappa shape index (κ2) is 6.51. The van der Waals surface area contributed by atoms with Crippen LogP contribution in [-0.4, -0.2) is 39.9 Å². The lowest BCUT2D eigenvalue weighted by atomic mass is 9.88. The van der Waals surface area contributed by atoms with Crippen LogP contribution in [0.1, 0.15) is 48.4 Å². The van der Waals surface area contributed by atoms with Gasteiger partial charge in [0, 0.05) is 31.1 Å². The van der Waals surface area contributed by atoms with E-state index >= 15 is 0 Å². The first kappa shape index (κ1) is 16.7. The minimum atomic E-state index is -0.568. The molecule has 1 aromatic heterocycles. The Morgan fingerprint density at radius 3 is 2.81 bits per heavy atom. The largest absolute Gasteiger partial charge is 0.342 e. The molecule has 3 heterocycles. The molecule has 0 saturated carbocycles. The number of benzene rings is 1. The minimum Gasteiger partial charge on any atom is -0.342 e. The highest BCUT2D eigenvalue weighted by molar-refractivity contribution is 6.01. The average Bonchev–Trinajstić information content (AvgIpc) is 3.06. The molecule has 1 unspecified atom stereocenters. The smallest absolute Gasteiger partial charge is 0.230 e. The number of aryl methyl sites for hydroxylation is 1. The van der Waals surface area contributed by atoms with Crippen LogP contribution >= 0.6 is 0 Å². The van der Waals surface area contributed by atoms with Crippen molar-refractivity contribution in [2.75, 3.05) is 18.4 Å². The fourth-order valence-electron chi connectivity index (χ4n) is 3.70. The van der Waals surface area contributed by atoms with E-state index in [1.54, 1.807) is 17.9 Å². The van der Waals surface area contributed by atoms with Gasteiger partial charge >= 0.3 is 0 Å². The quantitative estimate of drug-likeness (QED) is 0.890. The number of carbonyl (C=O) groups is 2. The Kier molecular flexibility index (Phi) is 4.18. The van der Waals surface area contributed by atoms with E-state index in [4.69, 9.17) is 4.52 Å². The molecule has 2 aromatic rings. The summed E-state index contributed by atoms with van der Waals surface area (Å²) in [6.07, 6.45) is 1.56. The molecular formula is C18H19FN4O3. The van der Waals surface area contributed by atoms with E-state index in [0.717, 1.165) is 12.8 Å². The number of nitrogens with one attached hydrogen (secondary N) is 1. The first-order valence-corrected chi connectivity index (χ1v) is 8.69. The van der Waals surface area contributed by atoms with Gasteiger partial charge in [-0.3, -0.25) is 9.59 Å². The van der Waals surface area contributed by atoms with Crippen molar-refractivity contribution in [3.8, 4) is 0 Å². The second-order valence-electron chi connectivity index (χ2n) is 6.82. The highest BCUT2D eigenvalue weighted by Crippen LogP contribution is 2.35. The summed E-state index contributed by atoms with van der Waals surface area (Å²) < 4.78 is 18.7. The van der Waals surface area contributed by atoms with Crippen LogP contribution in [0.3, 0.4) is 0 Å². The van der Waals surface area contributed by atoms with Gasteiger partial charge in [-0.1, -0.05) is 11.2 Å². The van der Waals surface area contributed by atoms with Gasteiger partial charge in [-0.05, 0) is 37.5 Å². The second-order valence-corrected chi connectivity index (χ2v) is 6.82. The van der Waals surface area contributed by atoms with Gasteiger partial charge in [0.1, 0.15) is 5.82 Å². The van der Waals surface area contributed by atoms with Crippen molar-refractivity contribution in [2.24, 2.45) is 0 Å². The number of amides is 2. The molecule has 7 nitrogen and oxygen atoms in total. The van der Waals surface area contributed by atoms with Crippen LogP contribution in [0.25, 0.3) is 0 Å². The number of nitrogens with zero attached hydrogens (tertiary/aromatic N) is 3. The first-order valence-electron chi connectivity index (χ1n) is 8.69. The molecule has 1 saturated heterocycles. The number of rotatable bonds is 2. The van der Waals surface area contributed by atoms with Gasteiger partial charge < -0.3 is 14.7 Å². The number of carbonyl (C=O) groups excluding carboxylic acids is 2. The summed E-state index contributed by atoms with van der Waals surface area (Å²) in [6, 6.07) is 4.16. The van der Waals surface area contributed by atoms with Crippen LogP contribution < -0.4 is 5.32 Å². The lowest BCUT2D eigenvalue weighted by Crippen LogP contribution is -2.42.